The molecule has 0 saturated heterocycles. The van der Waals surface area contributed by atoms with Crippen molar-refractivity contribution in [2.45, 2.75) is 129 Å². The van der Waals surface area contributed by atoms with Gasteiger partial charge in [0, 0.05) is 17.9 Å². The van der Waals surface area contributed by atoms with Crippen molar-refractivity contribution >= 4 is 11.9 Å². The molecule has 0 radical (unpaired) electrons. The molecule has 45 heavy (non-hydrogen) atoms. The monoisotopic (exact) mass is 639 g/mol. The lowest BCUT2D eigenvalue weighted by Crippen LogP contribution is -2.38. The van der Waals surface area contributed by atoms with E-state index in [9.17, 15) is 23.5 Å². The molecule has 1 fully saturated rings. The van der Waals surface area contributed by atoms with Crippen LogP contribution in [-0.4, -0.2) is 35.6 Å². The van der Waals surface area contributed by atoms with E-state index >= 15 is 8.78 Å². The molecule has 0 amide bonds. The van der Waals surface area contributed by atoms with Gasteiger partial charge in [-0.15, -0.1) is 0 Å². The maximum Gasteiger partial charge on any atom is 0.400 e. The molecule has 2 atom stereocenters. The quantitative estimate of drug-likeness (QED) is 0.0654. The molecule has 0 heterocycles. The van der Waals surface area contributed by atoms with Crippen molar-refractivity contribution in [1.82, 2.24) is 0 Å². The molecule has 0 bridgehead atoms. The molecular weight excluding hydrogens is 590 g/mol. The Balaban J connectivity index is 1.79. The van der Waals surface area contributed by atoms with Crippen molar-refractivity contribution in [1.29, 1.82) is 0 Å². The average Bonchev–Trinajstić information content (AvgIpc) is 2.96. The molecule has 1 aromatic rings. The lowest BCUT2D eigenvalue weighted by Gasteiger charge is -2.35. The number of carbonyl (C=O) groups excluding carboxylic acids is 2. The molecule has 3 N–H and O–H groups in total. The van der Waals surface area contributed by atoms with E-state index in [4.69, 9.17) is 10.5 Å². The topological polar surface area (TPSA) is 98.9 Å². The van der Waals surface area contributed by atoms with Gasteiger partial charge < -0.3 is 20.3 Å². The number of hydrogen-bond acceptors (Lipinski definition) is 6. The van der Waals surface area contributed by atoms with Crippen molar-refractivity contribution in [3.8, 4) is 11.5 Å². The van der Waals surface area contributed by atoms with Gasteiger partial charge in [0.05, 0.1) is 12.8 Å². The van der Waals surface area contributed by atoms with Crippen LogP contribution in [-0.2, 0) is 20.7 Å². The molecule has 1 saturated carbocycles. The third kappa shape index (κ3) is 10.1. The Morgan fingerprint density at radius 2 is 1.80 bits per heavy atom. The van der Waals surface area contributed by atoms with Gasteiger partial charge in [-0.2, -0.15) is 17.6 Å². The molecule has 2 aliphatic rings. The van der Waals surface area contributed by atoms with Gasteiger partial charge in [0.2, 0.25) is 0 Å². The fourth-order valence-electron chi connectivity index (χ4n) is 6.61. The van der Waals surface area contributed by atoms with Crippen molar-refractivity contribution < 1.29 is 41.7 Å². The molecule has 0 spiro atoms. The summed E-state index contributed by atoms with van der Waals surface area (Å²) in [6.07, 6.45) is 2.67. The Hall–Kier alpha value is -2.88. The summed E-state index contributed by atoms with van der Waals surface area (Å²) >= 11 is 0. The van der Waals surface area contributed by atoms with Crippen LogP contribution in [0, 0.1) is 11.3 Å². The van der Waals surface area contributed by atoms with Crippen molar-refractivity contribution in [2.75, 3.05) is 6.54 Å². The fraction of sp³-hybridized carbons (Fsp3) is 0.657. The van der Waals surface area contributed by atoms with E-state index < -0.39 is 48.1 Å². The molecule has 1 aromatic carbocycles. The highest BCUT2D eigenvalue weighted by atomic mass is 19.3. The zero-order valence-electron chi connectivity index (χ0n) is 26.9. The summed E-state index contributed by atoms with van der Waals surface area (Å²) in [5.74, 6) is -8.60. The number of ether oxygens (including phenoxy) is 2. The molecule has 6 nitrogen and oxygen atoms in total. The van der Waals surface area contributed by atoms with Gasteiger partial charge in [-0.3, -0.25) is 4.79 Å². The molecule has 10 heteroatoms. The number of aryl methyl sites for hydroxylation is 1. The number of esters is 2. The number of phenols is 1. The Labute approximate surface area is 264 Å². The Kier molecular flexibility index (Phi) is 12.7. The van der Waals surface area contributed by atoms with Crippen LogP contribution < -0.4 is 10.5 Å². The van der Waals surface area contributed by atoms with Crippen LogP contribution in [0.2, 0.25) is 0 Å². The first-order chi connectivity index (χ1) is 21.1. The van der Waals surface area contributed by atoms with E-state index in [1.807, 2.05) is 26.8 Å². The van der Waals surface area contributed by atoms with Gasteiger partial charge in [0.1, 0.15) is 11.5 Å². The third-order valence-electron chi connectivity index (χ3n) is 9.32. The standard InChI is InChI=1S/C35H49F4NO5/c1-5-6-8-11-25-19-28(41)31(27-18-24(4)12-13-26(27)23(2)3)29(20-25)44-32(43)34(36,37)16-17-35(38,39)45-30(42)21-33(22-40)14-9-7-10-15-33/h18-20,26-27,41H,2,5-17,21-22,40H2,1,3-4H3/t26-,27+/m0/s1. The van der Waals surface area contributed by atoms with E-state index in [0.29, 0.717) is 31.2 Å². The summed E-state index contributed by atoms with van der Waals surface area (Å²) in [5, 5.41) is 11.1. The first-order valence-corrected chi connectivity index (χ1v) is 16.2. The fourth-order valence-corrected chi connectivity index (χ4v) is 6.61. The van der Waals surface area contributed by atoms with E-state index in [0.717, 1.165) is 56.1 Å². The smallest absolute Gasteiger partial charge is 0.400 e. The van der Waals surface area contributed by atoms with E-state index in [-0.39, 0.29) is 35.9 Å². The Morgan fingerprint density at radius 1 is 1.11 bits per heavy atom. The van der Waals surface area contributed by atoms with E-state index in [1.165, 1.54) is 6.07 Å². The third-order valence-corrected chi connectivity index (χ3v) is 9.32. The number of benzene rings is 1. The van der Waals surface area contributed by atoms with Crippen LogP contribution in [0.15, 0.2) is 35.9 Å². The Bertz CT molecular complexity index is 1240. The molecular formula is C35H49F4NO5. The minimum absolute atomic E-state index is 0.135. The van der Waals surface area contributed by atoms with Crippen LogP contribution in [0.25, 0.3) is 0 Å². The van der Waals surface area contributed by atoms with Crippen LogP contribution in [0.1, 0.15) is 121 Å². The number of phenolic OH excluding ortho intramolecular Hbond substituents is 1. The van der Waals surface area contributed by atoms with E-state index in [1.54, 1.807) is 6.07 Å². The highest BCUT2D eigenvalue weighted by molar-refractivity contribution is 5.80. The van der Waals surface area contributed by atoms with Gasteiger partial charge in [0.15, 0.2) is 0 Å². The highest BCUT2D eigenvalue weighted by Crippen LogP contribution is 2.47. The number of alkyl halides is 4. The maximum absolute atomic E-state index is 15.1. The first-order valence-electron chi connectivity index (χ1n) is 16.2. The summed E-state index contributed by atoms with van der Waals surface area (Å²) in [7, 11) is 0. The van der Waals surface area contributed by atoms with E-state index in [2.05, 4.69) is 11.3 Å². The average molecular weight is 640 g/mol. The summed E-state index contributed by atoms with van der Waals surface area (Å²) in [5.41, 5.74) is 7.84. The SMILES string of the molecule is C=C(C)[C@@H]1CCC(C)=C[C@H]1c1c(O)cc(CCCCC)cc1OC(=O)C(F)(F)CCC(F)(F)OC(=O)CC1(CN)CCCCC1. The zero-order chi connectivity index (χ0) is 33.4. The second-order valence-electron chi connectivity index (χ2n) is 13.2. The lowest BCUT2D eigenvalue weighted by atomic mass is 9.72. The van der Waals surface area contributed by atoms with Crippen LogP contribution in [0.3, 0.4) is 0 Å². The number of unbranched alkanes of at least 4 members (excludes halogenated alkanes) is 2. The molecule has 0 aliphatic heterocycles. The summed E-state index contributed by atoms with van der Waals surface area (Å²) in [6.45, 7) is 10.0. The Morgan fingerprint density at radius 3 is 2.42 bits per heavy atom. The normalized spacial score (nSPS) is 20.3. The number of carbonyl (C=O) groups is 2. The molecule has 3 rings (SSSR count). The van der Waals surface area contributed by atoms with Crippen molar-refractivity contribution in [3.63, 3.8) is 0 Å². The second-order valence-corrected chi connectivity index (χ2v) is 13.2. The highest BCUT2D eigenvalue weighted by Gasteiger charge is 2.47. The molecule has 0 aromatic heterocycles. The van der Waals surface area contributed by atoms with Gasteiger partial charge in [0.25, 0.3) is 0 Å². The number of halogens is 4. The predicted octanol–water partition coefficient (Wildman–Crippen LogP) is 8.90. The zero-order valence-corrected chi connectivity index (χ0v) is 26.9. The maximum atomic E-state index is 15.1. The summed E-state index contributed by atoms with van der Waals surface area (Å²) < 4.78 is 68.9. The number of aromatic hydroxyl groups is 1. The van der Waals surface area contributed by atoms with Crippen LogP contribution in [0.5, 0.6) is 11.5 Å². The van der Waals surface area contributed by atoms with Crippen LogP contribution >= 0.6 is 0 Å². The van der Waals surface area contributed by atoms with Gasteiger partial charge in [-0.05, 0) is 87.9 Å². The van der Waals surface area contributed by atoms with Gasteiger partial charge in [-0.25, -0.2) is 4.79 Å². The minimum Gasteiger partial charge on any atom is -0.507 e. The number of rotatable bonds is 15. The molecule has 252 valence electrons. The number of nitrogens with two attached hydrogens (primary N) is 1. The minimum atomic E-state index is -4.32. The predicted molar refractivity (Wildman–Crippen MR) is 165 cm³/mol. The summed E-state index contributed by atoms with van der Waals surface area (Å²) in [4.78, 5) is 25.2. The number of allylic oxidation sites excluding steroid dienone is 3. The van der Waals surface area contributed by atoms with Gasteiger partial charge in [-0.1, -0.05) is 62.8 Å². The lowest BCUT2D eigenvalue weighted by molar-refractivity contribution is -0.242. The largest absolute Gasteiger partial charge is 0.507 e. The first kappa shape index (κ1) is 36.6. The summed E-state index contributed by atoms with van der Waals surface area (Å²) in [6, 6.07) is 3.03. The second kappa shape index (κ2) is 15.6. The molecule has 2 aliphatic carbocycles. The molecule has 0 unspecified atom stereocenters. The number of hydrogen-bond donors (Lipinski definition) is 2. The van der Waals surface area contributed by atoms with Gasteiger partial charge >= 0.3 is 24.0 Å². The van der Waals surface area contributed by atoms with Crippen LogP contribution in [0.4, 0.5) is 17.6 Å². The van der Waals surface area contributed by atoms with Crippen molar-refractivity contribution in [3.05, 3.63) is 47.1 Å². The van der Waals surface area contributed by atoms with Crippen molar-refractivity contribution in [2.24, 2.45) is 17.1 Å².